The highest BCUT2D eigenvalue weighted by atomic mass is 16.2. The van der Waals surface area contributed by atoms with Crippen LogP contribution in [0, 0.1) is 0 Å². The Morgan fingerprint density at radius 1 is 0.833 bits per heavy atom. The Balaban J connectivity index is 1.88. The van der Waals surface area contributed by atoms with E-state index >= 15 is 0 Å². The molecule has 0 atom stereocenters. The zero-order valence-corrected chi connectivity index (χ0v) is 13.1. The molecule has 0 saturated carbocycles. The van der Waals surface area contributed by atoms with Crippen molar-refractivity contribution in [2.24, 2.45) is 0 Å². The van der Waals surface area contributed by atoms with Crippen molar-refractivity contribution in [2.45, 2.75) is 0 Å². The standard InChI is InChI=1S/C17H18N4O3/c1-18-15(22)11-19-16(23)12-7-9-14(10-8-12)21-17(24)20-13-5-3-2-4-6-13/h2-10H,11H2,1H3,(H,18,22)(H,19,23)(H2,20,21,24). The Hall–Kier alpha value is -3.35. The van der Waals surface area contributed by atoms with Crippen molar-refractivity contribution in [2.75, 3.05) is 24.2 Å². The maximum atomic E-state index is 11.9. The number of carbonyl (C=O) groups excluding carboxylic acids is 3. The molecule has 0 spiro atoms. The molecule has 2 rings (SSSR count). The summed E-state index contributed by atoms with van der Waals surface area (Å²) in [7, 11) is 1.50. The van der Waals surface area contributed by atoms with Crippen molar-refractivity contribution >= 4 is 29.2 Å². The van der Waals surface area contributed by atoms with Gasteiger partial charge in [-0.15, -0.1) is 0 Å². The Morgan fingerprint density at radius 2 is 1.42 bits per heavy atom. The Bertz CT molecular complexity index is 714. The van der Waals surface area contributed by atoms with E-state index in [0.29, 0.717) is 16.9 Å². The number of anilines is 2. The van der Waals surface area contributed by atoms with Gasteiger partial charge in [0.2, 0.25) is 5.91 Å². The summed E-state index contributed by atoms with van der Waals surface area (Å²) in [4.78, 5) is 34.8. The molecular weight excluding hydrogens is 308 g/mol. The topological polar surface area (TPSA) is 99.3 Å². The molecule has 4 N–H and O–H groups in total. The molecule has 0 aliphatic rings. The molecule has 2 aromatic rings. The molecule has 0 aliphatic heterocycles. The van der Waals surface area contributed by atoms with Crippen LogP contribution >= 0.6 is 0 Å². The number of nitrogens with one attached hydrogen (secondary N) is 4. The van der Waals surface area contributed by atoms with Gasteiger partial charge in [-0.25, -0.2) is 4.79 Å². The summed E-state index contributed by atoms with van der Waals surface area (Å²) in [5.41, 5.74) is 1.62. The number of hydrogen-bond donors (Lipinski definition) is 4. The fourth-order valence-electron chi connectivity index (χ4n) is 1.87. The Morgan fingerprint density at radius 3 is 2.00 bits per heavy atom. The highest BCUT2D eigenvalue weighted by molar-refractivity contribution is 6.00. The van der Waals surface area contributed by atoms with Gasteiger partial charge in [-0.2, -0.15) is 0 Å². The molecule has 0 radical (unpaired) electrons. The second-order valence-electron chi connectivity index (χ2n) is 4.88. The molecule has 4 amide bonds. The number of carbonyl (C=O) groups is 3. The van der Waals surface area contributed by atoms with Gasteiger partial charge in [-0.1, -0.05) is 18.2 Å². The van der Waals surface area contributed by atoms with E-state index in [1.54, 1.807) is 36.4 Å². The zero-order valence-electron chi connectivity index (χ0n) is 13.1. The van der Waals surface area contributed by atoms with Gasteiger partial charge in [0.25, 0.3) is 5.91 Å². The van der Waals surface area contributed by atoms with Gasteiger partial charge in [0.15, 0.2) is 0 Å². The van der Waals surface area contributed by atoms with Gasteiger partial charge in [0.05, 0.1) is 6.54 Å². The number of likely N-dealkylation sites (N-methyl/N-ethyl adjacent to an activating group) is 1. The predicted molar refractivity (Wildman–Crippen MR) is 91.9 cm³/mol. The lowest BCUT2D eigenvalue weighted by Crippen LogP contribution is -2.35. The number of amides is 4. The van der Waals surface area contributed by atoms with Crippen LogP contribution in [0.1, 0.15) is 10.4 Å². The highest BCUT2D eigenvalue weighted by Crippen LogP contribution is 2.11. The minimum absolute atomic E-state index is 0.0885. The summed E-state index contributed by atoms with van der Waals surface area (Å²) < 4.78 is 0. The normalized spacial score (nSPS) is 9.71. The zero-order chi connectivity index (χ0) is 17.4. The Kier molecular flexibility index (Phi) is 5.90. The Labute approximate surface area is 139 Å². The number of urea groups is 1. The average Bonchev–Trinajstić information content (AvgIpc) is 2.60. The third-order valence-electron chi connectivity index (χ3n) is 3.12. The fourth-order valence-corrected chi connectivity index (χ4v) is 1.87. The molecular formula is C17H18N4O3. The quantitative estimate of drug-likeness (QED) is 0.674. The van der Waals surface area contributed by atoms with Crippen molar-refractivity contribution < 1.29 is 14.4 Å². The van der Waals surface area contributed by atoms with Crippen LogP contribution in [-0.2, 0) is 4.79 Å². The summed E-state index contributed by atoms with van der Waals surface area (Å²) in [5.74, 6) is -0.641. The third-order valence-corrected chi connectivity index (χ3v) is 3.12. The van der Waals surface area contributed by atoms with E-state index < -0.39 is 0 Å². The van der Waals surface area contributed by atoms with Gasteiger partial charge < -0.3 is 21.3 Å². The van der Waals surface area contributed by atoms with E-state index in [-0.39, 0.29) is 24.4 Å². The van der Waals surface area contributed by atoms with Crippen molar-refractivity contribution in [1.82, 2.24) is 10.6 Å². The van der Waals surface area contributed by atoms with Crippen LogP contribution in [0.15, 0.2) is 54.6 Å². The second kappa shape index (κ2) is 8.33. The molecule has 2 aromatic carbocycles. The predicted octanol–water partition coefficient (Wildman–Crippen LogP) is 1.81. The first-order valence-electron chi connectivity index (χ1n) is 7.30. The average molecular weight is 326 g/mol. The van der Waals surface area contributed by atoms with Crippen LogP contribution in [-0.4, -0.2) is 31.4 Å². The summed E-state index contributed by atoms with van der Waals surface area (Å²) >= 11 is 0. The molecule has 0 bridgehead atoms. The van der Waals surface area contributed by atoms with Crippen molar-refractivity contribution in [3.8, 4) is 0 Å². The lowest BCUT2D eigenvalue weighted by Gasteiger charge is -2.08. The molecule has 0 aromatic heterocycles. The number of hydrogen-bond acceptors (Lipinski definition) is 3. The van der Waals surface area contributed by atoms with Gasteiger partial charge in [0.1, 0.15) is 0 Å². The van der Waals surface area contributed by atoms with E-state index in [0.717, 1.165) is 0 Å². The van der Waals surface area contributed by atoms with E-state index in [4.69, 9.17) is 0 Å². The SMILES string of the molecule is CNC(=O)CNC(=O)c1ccc(NC(=O)Nc2ccccc2)cc1. The number of rotatable bonds is 5. The van der Waals surface area contributed by atoms with Gasteiger partial charge in [-0.3, -0.25) is 9.59 Å². The molecule has 0 fully saturated rings. The summed E-state index contributed by atoms with van der Waals surface area (Å²) in [6, 6.07) is 15.0. The maximum Gasteiger partial charge on any atom is 0.323 e. The van der Waals surface area contributed by atoms with Gasteiger partial charge in [0, 0.05) is 24.0 Å². The summed E-state index contributed by atoms with van der Waals surface area (Å²) in [6.45, 7) is -0.0885. The minimum Gasteiger partial charge on any atom is -0.358 e. The van der Waals surface area contributed by atoms with E-state index in [2.05, 4.69) is 21.3 Å². The summed E-state index contributed by atoms with van der Waals surface area (Å²) in [5, 5.41) is 10.3. The lowest BCUT2D eigenvalue weighted by atomic mass is 10.2. The highest BCUT2D eigenvalue weighted by Gasteiger charge is 2.08. The maximum absolute atomic E-state index is 11.9. The van der Waals surface area contributed by atoms with Crippen LogP contribution < -0.4 is 21.3 Å². The van der Waals surface area contributed by atoms with E-state index in [1.165, 1.54) is 7.05 Å². The van der Waals surface area contributed by atoms with Crippen molar-refractivity contribution in [1.29, 1.82) is 0 Å². The first-order chi connectivity index (χ1) is 11.6. The van der Waals surface area contributed by atoms with E-state index in [1.807, 2.05) is 18.2 Å². The molecule has 7 nitrogen and oxygen atoms in total. The van der Waals surface area contributed by atoms with Crippen LogP contribution in [0.5, 0.6) is 0 Å². The van der Waals surface area contributed by atoms with Gasteiger partial charge in [-0.05, 0) is 36.4 Å². The first-order valence-corrected chi connectivity index (χ1v) is 7.30. The monoisotopic (exact) mass is 326 g/mol. The molecule has 124 valence electrons. The first kappa shape index (κ1) is 17.0. The van der Waals surface area contributed by atoms with Crippen LogP contribution in [0.2, 0.25) is 0 Å². The molecule has 7 heteroatoms. The summed E-state index contributed by atoms with van der Waals surface area (Å²) in [6.07, 6.45) is 0. The van der Waals surface area contributed by atoms with Crippen LogP contribution in [0.4, 0.5) is 16.2 Å². The number of para-hydroxylation sites is 1. The number of benzene rings is 2. The molecule has 0 unspecified atom stereocenters. The molecule has 24 heavy (non-hydrogen) atoms. The minimum atomic E-state index is -0.377. The van der Waals surface area contributed by atoms with Crippen molar-refractivity contribution in [3.05, 3.63) is 60.2 Å². The third kappa shape index (κ3) is 5.13. The smallest absolute Gasteiger partial charge is 0.323 e. The fraction of sp³-hybridized carbons (Fsp3) is 0.118. The molecule has 0 aliphatic carbocycles. The second-order valence-corrected chi connectivity index (χ2v) is 4.88. The van der Waals surface area contributed by atoms with E-state index in [9.17, 15) is 14.4 Å². The largest absolute Gasteiger partial charge is 0.358 e. The van der Waals surface area contributed by atoms with Crippen LogP contribution in [0.3, 0.4) is 0 Å². The van der Waals surface area contributed by atoms with Crippen LogP contribution in [0.25, 0.3) is 0 Å². The molecule has 0 heterocycles. The van der Waals surface area contributed by atoms with Crippen molar-refractivity contribution in [3.63, 3.8) is 0 Å². The van der Waals surface area contributed by atoms with Gasteiger partial charge >= 0.3 is 6.03 Å². The molecule has 0 saturated heterocycles. The lowest BCUT2D eigenvalue weighted by molar-refractivity contribution is -0.119.